The zero-order chi connectivity index (χ0) is 15.5. The number of nitrogens with one attached hydrogen (secondary N) is 1. The maximum atomic E-state index is 13.2. The normalized spacial score (nSPS) is 11.8. The van der Waals surface area contributed by atoms with Crippen LogP contribution >= 0.6 is 11.3 Å². The molecule has 5 heteroatoms. The average Bonchev–Trinajstić information content (AvgIpc) is 2.85. The van der Waals surface area contributed by atoms with Crippen molar-refractivity contribution in [3.63, 3.8) is 0 Å². The number of hydrogen-bond acceptors (Lipinski definition) is 3. The number of hydrogen-bond donors (Lipinski definition) is 2. The first-order valence-electron chi connectivity index (χ1n) is 6.99. The molecule has 0 aliphatic heterocycles. The molecule has 114 valence electrons. The van der Waals surface area contributed by atoms with Gasteiger partial charge < -0.3 is 10.4 Å². The van der Waals surface area contributed by atoms with Crippen molar-refractivity contribution in [3.05, 3.63) is 35.0 Å². The average molecular weight is 309 g/mol. The first-order valence-corrected chi connectivity index (χ1v) is 7.81. The molecular weight excluding hydrogens is 289 g/mol. The van der Waals surface area contributed by atoms with E-state index < -0.39 is 0 Å². The highest BCUT2D eigenvalue weighted by Gasteiger charge is 2.19. The summed E-state index contributed by atoms with van der Waals surface area (Å²) >= 11 is 1.36. The van der Waals surface area contributed by atoms with Crippen molar-refractivity contribution in [2.75, 3.05) is 13.2 Å². The van der Waals surface area contributed by atoms with Gasteiger partial charge in [-0.2, -0.15) is 0 Å². The van der Waals surface area contributed by atoms with E-state index in [0.29, 0.717) is 11.4 Å². The second-order valence-electron chi connectivity index (χ2n) is 5.97. The van der Waals surface area contributed by atoms with Gasteiger partial charge >= 0.3 is 0 Å². The van der Waals surface area contributed by atoms with Gasteiger partial charge in [0.05, 0.1) is 4.88 Å². The van der Waals surface area contributed by atoms with Crippen LogP contribution in [0.15, 0.2) is 24.3 Å². The lowest BCUT2D eigenvalue weighted by Gasteiger charge is -2.24. The Morgan fingerprint density at radius 1 is 1.38 bits per heavy atom. The molecule has 2 aromatic rings. The van der Waals surface area contributed by atoms with Gasteiger partial charge in [-0.25, -0.2) is 4.39 Å². The monoisotopic (exact) mass is 309 g/mol. The molecule has 2 rings (SSSR count). The number of carbonyl (C=O) groups excluding carboxylic acids is 1. The molecular formula is C16H20FNO2S. The lowest BCUT2D eigenvalue weighted by molar-refractivity contribution is 0.0937. The second kappa shape index (κ2) is 6.54. The minimum absolute atomic E-state index is 0.0544. The quantitative estimate of drug-likeness (QED) is 0.857. The van der Waals surface area contributed by atoms with E-state index >= 15 is 0 Å². The van der Waals surface area contributed by atoms with Crippen LogP contribution < -0.4 is 5.32 Å². The van der Waals surface area contributed by atoms with Crippen LogP contribution in [0.2, 0.25) is 0 Å². The number of fused-ring (bicyclic) bond motifs is 1. The number of aliphatic hydroxyl groups excluding tert-OH is 1. The minimum Gasteiger partial charge on any atom is -0.396 e. The van der Waals surface area contributed by atoms with Gasteiger partial charge in [0.25, 0.3) is 5.91 Å². The third-order valence-corrected chi connectivity index (χ3v) is 4.56. The summed E-state index contributed by atoms with van der Waals surface area (Å²) in [6, 6.07) is 6.25. The number of aliphatic hydroxyl groups is 1. The molecule has 0 unspecified atom stereocenters. The van der Waals surface area contributed by atoms with Crippen molar-refractivity contribution >= 4 is 27.3 Å². The van der Waals surface area contributed by atoms with E-state index in [2.05, 4.69) is 19.2 Å². The molecule has 2 N–H and O–H groups in total. The van der Waals surface area contributed by atoms with Crippen molar-refractivity contribution in [1.82, 2.24) is 5.32 Å². The maximum absolute atomic E-state index is 13.2. The summed E-state index contributed by atoms with van der Waals surface area (Å²) in [6.45, 7) is 4.83. The first kappa shape index (κ1) is 15.9. The zero-order valence-electron chi connectivity index (χ0n) is 12.3. The van der Waals surface area contributed by atoms with Crippen LogP contribution in [0.4, 0.5) is 4.39 Å². The Balaban J connectivity index is 2.02. The van der Waals surface area contributed by atoms with Gasteiger partial charge in [-0.3, -0.25) is 4.79 Å². The van der Waals surface area contributed by atoms with Gasteiger partial charge in [0.2, 0.25) is 0 Å². The summed E-state index contributed by atoms with van der Waals surface area (Å²) in [5.74, 6) is -0.425. The molecule has 0 atom stereocenters. The summed E-state index contributed by atoms with van der Waals surface area (Å²) in [5.41, 5.74) is -0.0544. The second-order valence-corrected chi connectivity index (χ2v) is 7.05. The molecule has 21 heavy (non-hydrogen) atoms. The molecule has 0 spiro atoms. The summed E-state index contributed by atoms with van der Waals surface area (Å²) in [4.78, 5) is 12.8. The molecule has 0 bridgehead atoms. The third kappa shape index (κ3) is 4.25. The number of halogens is 1. The SMILES string of the molecule is CC(C)(CCCO)CNC(=O)c1cc2cc(F)ccc2s1. The first-order chi connectivity index (χ1) is 9.91. The van der Waals surface area contributed by atoms with Gasteiger partial charge in [0, 0.05) is 17.9 Å². The summed E-state index contributed by atoms with van der Waals surface area (Å²) in [7, 11) is 0. The summed E-state index contributed by atoms with van der Waals surface area (Å²) in [6.07, 6.45) is 1.58. The Labute approximate surface area is 127 Å². The van der Waals surface area contributed by atoms with Crippen molar-refractivity contribution in [3.8, 4) is 0 Å². The molecule has 0 radical (unpaired) electrons. The molecule has 0 saturated heterocycles. The van der Waals surface area contributed by atoms with Crippen LogP contribution in [-0.2, 0) is 0 Å². The molecule has 0 aliphatic carbocycles. The largest absolute Gasteiger partial charge is 0.396 e. The minimum atomic E-state index is -0.294. The molecule has 1 aromatic heterocycles. The lowest BCUT2D eigenvalue weighted by Crippen LogP contribution is -2.33. The molecule has 0 aliphatic rings. The number of thiophene rings is 1. The van der Waals surface area contributed by atoms with Crippen molar-refractivity contribution in [2.24, 2.45) is 5.41 Å². The fraction of sp³-hybridized carbons (Fsp3) is 0.438. The summed E-state index contributed by atoms with van der Waals surface area (Å²) < 4.78 is 14.1. The fourth-order valence-electron chi connectivity index (χ4n) is 2.18. The van der Waals surface area contributed by atoms with E-state index in [9.17, 15) is 9.18 Å². The molecule has 1 heterocycles. The van der Waals surface area contributed by atoms with Gasteiger partial charge in [0.1, 0.15) is 5.82 Å². The Hall–Kier alpha value is -1.46. The molecule has 0 fully saturated rings. The number of carbonyl (C=O) groups is 1. The highest BCUT2D eigenvalue weighted by Crippen LogP contribution is 2.27. The van der Waals surface area contributed by atoms with Crippen molar-refractivity contribution < 1.29 is 14.3 Å². The molecule has 1 aromatic carbocycles. The maximum Gasteiger partial charge on any atom is 0.261 e. The summed E-state index contributed by atoms with van der Waals surface area (Å²) in [5, 5.41) is 12.5. The smallest absolute Gasteiger partial charge is 0.261 e. The van der Waals surface area contributed by atoms with Gasteiger partial charge in [-0.05, 0) is 47.9 Å². The molecule has 0 saturated carbocycles. The van der Waals surface area contributed by atoms with Crippen LogP contribution in [0, 0.1) is 11.2 Å². The van der Waals surface area contributed by atoms with Crippen molar-refractivity contribution in [2.45, 2.75) is 26.7 Å². The topological polar surface area (TPSA) is 49.3 Å². The number of benzene rings is 1. The standard InChI is InChI=1S/C16H20FNO2S/c1-16(2,6-3-7-19)10-18-15(20)14-9-11-8-12(17)4-5-13(11)21-14/h4-5,8-9,19H,3,6-7,10H2,1-2H3,(H,18,20). The van der Waals surface area contributed by atoms with E-state index in [1.165, 1.54) is 23.5 Å². The van der Waals surface area contributed by atoms with Gasteiger partial charge in [-0.1, -0.05) is 13.8 Å². The van der Waals surface area contributed by atoms with E-state index in [0.717, 1.165) is 22.9 Å². The predicted molar refractivity (Wildman–Crippen MR) is 84.2 cm³/mol. The Morgan fingerprint density at radius 2 is 2.14 bits per heavy atom. The highest BCUT2D eigenvalue weighted by molar-refractivity contribution is 7.20. The van der Waals surface area contributed by atoms with Crippen LogP contribution in [0.1, 0.15) is 36.4 Å². The van der Waals surface area contributed by atoms with E-state index in [4.69, 9.17) is 5.11 Å². The van der Waals surface area contributed by atoms with Crippen molar-refractivity contribution in [1.29, 1.82) is 0 Å². The molecule has 1 amide bonds. The number of rotatable bonds is 6. The van der Waals surface area contributed by atoms with Crippen LogP contribution in [0.3, 0.4) is 0 Å². The van der Waals surface area contributed by atoms with Crippen LogP contribution in [0.25, 0.3) is 10.1 Å². The van der Waals surface area contributed by atoms with E-state index in [-0.39, 0.29) is 23.7 Å². The van der Waals surface area contributed by atoms with E-state index in [1.807, 2.05) is 0 Å². The lowest BCUT2D eigenvalue weighted by atomic mass is 9.88. The Kier molecular flexibility index (Phi) is 4.96. The van der Waals surface area contributed by atoms with E-state index in [1.54, 1.807) is 12.1 Å². The number of amides is 1. The van der Waals surface area contributed by atoms with Crippen LogP contribution in [-0.4, -0.2) is 24.2 Å². The Morgan fingerprint density at radius 3 is 2.86 bits per heavy atom. The zero-order valence-corrected chi connectivity index (χ0v) is 13.1. The van der Waals surface area contributed by atoms with Gasteiger partial charge in [0.15, 0.2) is 0 Å². The molecule has 3 nitrogen and oxygen atoms in total. The third-order valence-electron chi connectivity index (χ3n) is 3.44. The highest BCUT2D eigenvalue weighted by atomic mass is 32.1. The van der Waals surface area contributed by atoms with Crippen LogP contribution in [0.5, 0.6) is 0 Å². The fourth-order valence-corrected chi connectivity index (χ4v) is 3.14. The predicted octanol–water partition coefficient (Wildman–Crippen LogP) is 3.57. The van der Waals surface area contributed by atoms with Gasteiger partial charge in [-0.15, -0.1) is 11.3 Å². The Bertz CT molecular complexity index is 636.